The van der Waals surface area contributed by atoms with Gasteiger partial charge in [-0.2, -0.15) is 5.10 Å². The number of halogens is 1. The maximum absolute atomic E-state index is 11.9. The average Bonchev–Trinajstić information content (AvgIpc) is 2.90. The number of aromatic amines is 1. The van der Waals surface area contributed by atoms with Crippen molar-refractivity contribution in [2.24, 2.45) is 0 Å². The zero-order chi connectivity index (χ0) is 15.6. The number of H-pyrrole nitrogens is 1. The Hall–Kier alpha value is -3.01. The molecular formula is C10H6ClN5O5. The number of rotatable bonds is 4. The first-order valence-corrected chi connectivity index (χ1v) is 5.71. The molecule has 0 aliphatic rings. The Balaban J connectivity index is 2.34. The van der Waals surface area contributed by atoms with Gasteiger partial charge in [-0.25, -0.2) is 0 Å². The highest BCUT2D eigenvalue weighted by Crippen LogP contribution is 2.28. The Morgan fingerprint density at radius 1 is 1.24 bits per heavy atom. The lowest BCUT2D eigenvalue weighted by Crippen LogP contribution is -2.15. The first-order chi connectivity index (χ1) is 9.90. The van der Waals surface area contributed by atoms with Gasteiger partial charge in [-0.15, -0.1) is 0 Å². The normalized spacial score (nSPS) is 10.1. The van der Waals surface area contributed by atoms with E-state index in [1.165, 1.54) is 12.1 Å². The fraction of sp³-hybridized carbons (Fsp3) is 0. The number of hydrogen-bond acceptors (Lipinski definition) is 6. The molecule has 0 radical (unpaired) electrons. The third-order valence-corrected chi connectivity index (χ3v) is 2.68. The van der Waals surface area contributed by atoms with Crippen LogP contribution in [0.15, 0.2) is 24.4 Å². The standard InChI is InChI=1S/C10H6ClN5O5/c11-5-1-2-6(7(3-5)15(18)19)13-10(17)9-8(16(20)21)4-12-14-9/h1-4H,(H,12,14)(H,13,17). The minimum absolute atomic E-state index is 0.118. The molecular weight excluding hydrogens is 306 g/mol. The van der Waals surface area contributed by atoms with Crippen molar-refractivity contribution in [2.45, 2.75) is 0 Å². The summed E-state index contributed by atoms with van der Waals surface area (Å²) in [7, 11) is 0. The van der Waals surface area contributed by atoms with Crippen molar-refractivity contribution in [2.75, 3.05) is 5.32 Å². The molecule has 0 saturated carbocycles. The number of nitro benzene ring substituents is 1. The summed E-state index contributed by atoms with van der Waals surface area (Å²) in [5.74, 6) is -0.926. The summed E-state index contributed by atoms with van der Waals surface area (Å²) in [6.45, 7) is 0. The van der Waals surface area contributed by atoms with Gasteiger partial charge >= 0.3 is 5.69 Å². The molecule has 0 aliphatic carbocycles. The molecule has 0 unspecified atom stereocenters. The molecule has 1 amide bonds. The van der Waals surface area contributed by atoms with Gasteiger partial charge in [0.15, 0.2) is 0 Å². The van der Waals surface area contributed by atoms with E-state index in [0.29, 0.717) is 0 Å². The van der Waals surface area contributed by atoms with Gasteiger partial charge in [0, 0.05) is 11.1 Å². The molecule has 0 aliphatic heterocycles. The summed E-state index contributed by atoms with van der Waals surface area (Å²) in [5.41, 5.74) is -1.52. The molecule has 1 aromatic carbocycles. The fourth-order valence-corrected chi connectivity index (χ4v) is 1.70. The van der Waals surface area contributed by atoms with Crippen LogP contribution in [0, 0.1) is 20.2 Å². The molecule has 11 heteroatoms. The molecule has 1 heterocycles. The van der Waals surface area contributed by atoms with E-state index < -0.39 is 32.8 Å². The predicted octanol–water partition coefficient (Wildman–Crippen LogP) is 2.13. The van der Waals surface area contributed by atoms with Gasteiger partial charge in [0.05, 0.1) is 9.85 Å². The van der Waals surface area contributed by atoms with E-state index in [4.69, 9.17) is 11.6 Å². The number of nitrogens with one attached hydrogen (secondary N) is 2. The highest BCUT2D eigenvalue weighted by molar-refractivity contribution is 6.31. The number of carbonyl (C=O) groups excluding carboxylic acids is 1. The number of nitro groups is 2. The van der Waals surface area contributed by atoms with Gasteiger partial charge in [0.25, 0.3) is 11.6 Å². The minimum Gasteiger partial charge on any atom is -0.315 e. The van der Waals surface area contributed by atoms with E-state index in [1.54, 1.807) is 0 Å². The fourth-order valence-electron chi connectivity index (χ4n) is 1.53. The maximum Gasteiger partial charge on any atom is 0.319 e. The van der Waals surface area contributed by atoms with E-state index in [-0.39, 0.29) is 10.7 Å². The van der Waals surface area contributed by atoms with Crippen LogP contribution in [0.2, 0.25) is 5.02 Å². The molecule has 0 atom stereocenters. The van der Waals surface area contributed by atoms with E-state index in [0.717, 1.165) is 12.3 Å². The van der Waals surface area contributed by atoms with E-state index in [1.807, 2.05) is 0 Å². The van der Waals surface area contributed by atoms with Crippen LogP contribution in [-0.2, 0) is 0 Å². The first-order valence-electron chi connectivity index (χ1n) is 5.33. The summed E-state index contributed by atoms with van der Waals surface area (Å²) in [5, 5.41) is 29.5. The minimum atomic E-state index is -0.926. The van der Waals surface area contributed by atoms with Gasteiger partial charge in [-0.05, 0) is 12.1 Å². The third kappa shape index (κ3) is 2.95. The molecule has 0 bridgehead atoms. The second kappa shape index (κ2) is 5.54. The lowest BCUT2D eigenvalue weighted by molar-refractivity contribution is -0.385. The third-order valence-electron chi connectivity index (χ3n) is 2.45. The van der Waals surface area contributed by atoms with Crippen LogP contribution < -0.4 is 5.32 Å². The molecule has 10 nitrogen and oxygen atoms in total. The zero-order valence-electron chi connectivity index (χ0n) is 10.1. The number of amides is 1. The smallest absolute Gasteiger partial charge is 0.315 e. The van der Waals surface area contributed by atoms with Gasteiger partial charge in [0.1, 0.15) is 11.9 Å². The Kier molecular flexibility index (Phi) is 3.80. The number of hydrogen-bond donors (Lipinski definition) is 2. The second-order valence-electron chi connectivity index (χ2n) is 3.76. The summed E-state index contributed by atoms with van der Waals surface area (Å²) < 4.78 is 0. The van der Waals surface area contributed by atoms with E-state index >= 15 is 0 Å². The quantitative estimate of drug-likeness (QED) is 0.653. The molecule has 2 aromatic rings. The summed E-state index contributed by atoms with van der Waals surface area (Å²) in [6, 6.07) is 3.62. The van der Waals surface area contributed by atoms with Crippen molar-refractivity contribution in [3.8, 4) is 0 Å². The molecule has 2 rings (SSSR count). The van der Waals surface area contributed by atoms with Crippen molar-refractivity contribution in [3.63, 3.8) is 0 Å². The first kappa shape index (κ1) is 14.4. The molecule has 0 fully saturated rings. The van der Waals surface area contributed by atoms with Crippen LogP contribution in [0.5, 0.6) is 0 Å². The monoisotopic (exact) mass is 311 g/mol. The molecule has 1 aromatic heterocycles. The molecule has 108 valence electrons. The Labute approximate surface area is 121 Å². The topological polar surface area (TPSA) is 144 Å². The Morgan fingerprint density at radius 2 is 1.90 bits per heavy atom. The van der Waals surface area contributed by atoms with Gasteiger partial charge in [-0.1, -0.05) is 11.6 Å². The van der Waals surface area contributed by atoms with Crippen LogP contribution in [0.3, 0.4) is 0 Å². The van der Waals surface area contributed by atoms with E-state index in [2.05, 4.69) is 15.5 Å². The summed E-state index contributed by atoms with van der Waals surface area (Å²) in [4.78, 5) is 32.0. The van der Waals surface area contributed by atoms with Crippen molar-refractivity contribution in [3.05, 3.63) is 55.3 Å². The highest BCUT2D eigenvalue weighted by Gasteiger charge is 2.25. The number of aromatic nitrogens is 2. The predicted molar refractivity (Wildman–Crippen MR) is 71.3 cm³/mol. The van der Waals surface area contributed by atoms with Crippen LogP contribution in [0.1, 0.15) is 10.5 Å². The Bertz CT molecular complexity index is 743. The molecule has 0 saturated heterocycles. The number of anilines is 1. The van der Waals surface area contributed by atoms with Crippen LogP contribution in [0.25, 0.3) is 0 Å². The summed E-state index contributed by atoms with van der Waals surface area (Å²) in [6.07, 6.45) is 0.866. The maximum atomic E-state index is 11.9. The molecule has 0 spiro atoms. The Morgan fingerprint density at radius 3 is 2.52 bits per heavy atom. The van der Waals surface area contributed by atoms with Crippen LogP contribution >= 0.6 is 11.6 Å². The van der Waals surface area contributed by atoms with Crippen LogP contribution in [-0.4, -0.2) is 26.0 Å². The molecule has 2 N–H and O–H groups in total. The van der Waals surface area contributed by atoms with E-state index in [9.17, 15) is 25.0 Å². The van der Waals surface area contributed by atoms with Crippen LogP contribution in [0.4, 0.5) is 17.1 Å². The lowest BCUT2D eigenvalue weighted by atomic mass is 10.2. The zero-order valence-corrected chi connectivity index (χ0v) is 10.8. The second-order valence-corrected chi connectivity index (χ2v) is 4.20. The SMILES string of the molecule is O=C(Nc1ccc(Cl)cc1[N+](=O)[O-])c1[nH]ncc1[N+](=O)[O-]. The van der Waals surface area contributed by atoms with Crippen molar-refractivity contribution in [1.82, 2.24) is 10.2 Å². The molecule has 21 heavy (non-hydrogen) atoms. The average molecular weight is 312 g/mol. The number of benzene rings is 1. The lowest BCUT2D eigenvalue weighted by Gasteiger charge is -2.04. The number of carbonyl (C=O) groups is 1. The highest BCUT2D eigenvalue weighted by atomic mass is 35.5. The largest absolute Gasteiger partial charge is 0.319 e. The van der Waals surface area contributed by atoms with Crippen molar-refractivity contribution >= 4 is 34.6 Å². The van der Waals surface area contributed by atoms with Crippen molar-refractivity contribution < 1.29 is 14.6 Å². The number of nitrogens with zero attached hydrogens (tertiary/aromatic N) is 3. The van der Waals surface area contributed by atoms with Crippen molar-refractivity contribution in [1.29, 1.82) is 0 Å². The van der Waals surface area contributed by atoms with Gasteiger partial charge in [0.2, 0.25) is 5.69 Å². The van der Waals surface area contributed by atoms with Gasteiger partial charge in [-0.3, -0.25) is 30.1 Å². The van der Waals surface area contributed by atoms with Gasteiger partial charge < -0.3 is 5.32 Å². The summed E-state index contributed by atoms with van der Waals surface area (Å²) >= 11 is 5.64.